The lowest BCUT2D eigenvalue weighted by atomic mass is 9.97. The van der Waals surface area contributed by atoms with Gasteiger partial charge in [-0.3, -0.25) is 9.59 Å². The van der Waals surface area contributed by atoms with Crippen molar-refractivity contribution < 1.29 is 23.1 Å². The molecule has 0 saturated carbocycles. The van der Waals surface area contributed by atoms with Gasteiger partial charge in [0.05, 0.1) is 0 Å². The molecule has 1 aliphatic rings. The first-order chi connectivity index (χ1) is 9.80. The third-order valence-electron chi connectivity index (χ3n) is 3.81. The molecule has 1 unspecified atom stereocenters. The highest BCUT2D eigenvalue weighted by molar-refractivity contribution is 7.90. The first-order valence-corrected chi connectivity index (χ1v) is 8.80. The minimum absolute atomic E-state index is 0.0354. The van der Waals surface area contributed by atoms with E-state index in [9.17, 15) is 18.0 Å². The Kier molecular flexibility index (Phi) is 6.60. The molecular weight excluding hydrogens is 296 g/mol. The number of carbonyl (C=O) groups is 2. The van der Waals surface area contributed by atoms with E-state index >= 15 is 0 Å². The number of aliphatic carboxylic acids is 1. The summed E-state index contributed by atoms with van der Waals surface area (Å²) in [4.78, 5) is 22.7. The SMILES string of the molecule is CCCCNC(=O)C1CCN(S(=O)(=O)C(C)C(=O)O)CC1. The Balaban J connectivity index is 2.52. The maximum atomic E-state index is 12.1. The number of hydrogen-bond donors (Lipinski definition) is 2. The van der Waals surface area contributed by atoms with Gasteiger partial charge in [0, 0.05) is 25.6 Å². The Morgan fingerprint density at radius 2 is 1.90 bits per heavy atom. The second-order valence-corrected chi connectivity index (χ2v) is 7.60. The maximum Gasteiger partial charge on any atom is 0.323 e. The monoisotopic (exact) mass is 320 g/mol. The summed E-state index contributed by atoms with van der Waals surface area (Å²) in [5.74, 6) is -1.57. The number of piperidine rings is 1. The number of carbonyl (C=O) groups excluding carboxylic acids is 1. The van der Waals surface area contributed by atoms with Gasteiger partial charge in [0.25, 0.3) is 0 Å². The van der Waals surface area contributed by atoms with Crippen molar-refractivity contribution in [1.82, 2.24) is 9.62 Å². The van der Waals surface area contributed by atoms with Gasteiger partial charge in [-0.15, -0.1) is 0 Å². The van der Waals surface area contributed by atoms with Crippen molar-refractivity contribution in [3.63, 3.8) is 0 Å². The van der Waals surface area contributed by atoms with E-state index in [4.69, 9.17) is 5.11 Å². The van der Waals surface area contributed by atoms with Crippen molar-refractivity contribution in [2.45, 2.75) is 44.8 Å². The van der Waals surface area contributed by atoms with E-state index in [1.807, 2.05) is 6.92 Å². The van der Waals surface area contributed by atoms with Gasteiger partial charge in [0.15, 0.2) is 5.25 Å². The van der Waals surface area contributed by atoms with Crippen molar-refractivity contribution in [2.24, 2.45) is 5.92 Å². The molecule has 1 saturated heterocycles. The second-order valence-electron chi connectivity index (χ2n) is 5.34. The zero-order chi connectivity index (χ0) is 16.0. The first-order valence-electron chi connectivity index (χ1n) is 7.30. The molecule has 0 aromatic rings. The summed E-state index contributed by atoms with van der Waals surface area (Å²) in [6.07, 6.45) is 2.80. The zero-order valence-corrected chi connectivity index (χ0v) is 13.4. The molecule has 1 fully saturated rings. The lowest BCUT2D eigenvalue weighted by Crippen LogP contribution is -2.47. The van der Waals surface area contributed by atoms with Gasteiger partial charge >= 0.3 is 5.97 Å². The van der Waals surface area contributed by atoms with E-state index in [2.05, 4.69) is 5.32 Å². The Bertz CT molecular complexity index is 469. The van der Waals surface area contributed by atoms with Gasteiger partial charge in [0.2, 0.25) is 15.9 Å². The van der Waals surface area contributed by atoms with Gasteiger partial charge in [-0.1, -0.05) is 13.3 Å². The largest absolute Gasteiger partial charge is 0.480 e. The molecule has 1 amide bonds. The van der Waals surface area contributed by atoms with Crippen LogP contribution in [0, 0.1) is 5.92 Å². The number of hydrogen-bond acceptors (Lipinski definition) is 4. The lowest BCUT2D eigenvalue weighted by Gasteiger charge is -2.31. The van der Waals surface area contributed by atoms with Crippen LogP contribution in [0.15, 0.2) is 0 Å². The third-order valence-corrected chi connectivity index (χ3v) is 5.99. The molecule has 0 spiro atoms. The maximum absolute atomic E-state index is 12.1. The van der Waals surface area contributed by atoms with Crippen molar-refractivity contribution in [2.75, 3.05) is 19.6 Å². The standard InChI is InChI=1S/C13H24N2O5S/c1-3-4-7-14-12(16)11-5-8-15(9-6-11)21(19,20)10(2)13(17)18/h10-11H,3-9H2,1-2H3,(H,14,16)(H,17,18). The van der Waals surface area contributed by atoms with E-state index in [0.717, 1.165) is 12.8 Å². The highest BCUT2D eigenvalue weighted by Crippen LogP contribution is 2.22. The van der Waals surface area contributed by atoms with Crippen LogP contribution < -0.4 is 5.32 Å². The van der Waals surface area contributed by atoms with E-state index in [0.29, 0.717) is 19.4 Å². The molecule has 2 N–H and O–H groups in total. The molecular formula is C13H24N2O5S. The van der Waals surface area contributed by atoms with Crippen LogP contribution in [0.4, 0.5) is 0 Å². The van der Waals surface area contributed by atoms with E-state index < -0.39 is 21.2 Å². The van der Waals surface area contributed by atoms with Crippen LogP contribution in [0.25, 0.3) is 0 Å². The number of carboxylic acids is 1. The molecule has 0 bridgehead atoms. The molecule has 0 radical (unpaired) electrons. The fourth-order valence-corrected chi connectivity index (χ4v) is 3.68. The Hall–Kier alpha value is -1.15. The molecule has 8 heteroatoms. The predicted molar refractivity (Wildman–Crippen MR) is 78.2 cm³/mol. The van der Waals surface area contributed by atoms with Crippen molar-refractivity contribution in [3.05, 3.63) is 0 Å². The van der Waals surface area contributed by atoms with Crippen molar-refractivity contribution in [3.8, 4) is 0 Å². The van der Waals surface area contributed by atoms with E-state index in [-0.39, 0.29) is 24.9 Å². The number of sulfonamides is 1. The Morgan fingerprint density at radius 1 is 1.33 bits per heavy atom. The first kappa shape index (κ1) is 17.9. The number of rotatable bonds is 7. The predicted octanol–water partition coefficient (Wildman–Crippen LogP) is 0.418. The fraction of sp³-hybridized carbons (Fsp3) is 0.846. The molecule has 1 aliphatic heterocycles. The van der Waals surface area contributed by atoms with E-state index in [1.165, 1.54) is 11.2 Å². The van der Waals surface area contributed by atoms with Gasteiger partial charge in [-0.05, 0) is 26.2 Å². The summed E-state index contributed by atoms with van der Waals surface area (Å²) in [6, 6.07) is 0. The molecule has 0 aromatic heterocycles. The van der Waals surface area contributed by atoms with Crippen LogP contribution in [0.2, 0.25) is 0 Å². The summed E-state index contributed by atoms with van der Waals surface area (Å²) in [6.45, 7) is 4.25. The fourth-order valence-electron chi connectivity index (χ4n) is 2.26. The molecule has 0 aliphatic carbocycles. The number of nitrogens with zero attached hydrogens (tertiary/aromatic N) is 1. The number of nitrogens with one attached hydrogen (secondary N) is 1. The van der Waals surface area contributed by atoms with E-state index in [1.54, 1.807) is 0 Å². The summed E-state index contributed by atoms with van der Waals surface area (Å²) in [5, 5.41) is 10.2. The number of unbranched alkanes of at least 4 members (excludes halogenated alkanes) is 1. The van der Waals surface area contributed by atoms with Gasteiger partial charge in [-0.25, -0.2) is 12.7 Å². The average molecular weight is 320 g/mol. The van der Waals surface area contributed by atoms with Crippen LogP contribution in [-0.4, -0.2) is 54.6 Å². The summed E-state index contributed by atoms with van der Waals surface area (Å²) in [7, 11) is -3.83. The van der Waals surface area contributed by atoms with Gasteiger partial charge in [-0.2, -0.15) is 0 Å². The zero-order valence-electron chi connectivity index (χ0n) is 12.5. The highest BCUT2D eigenvalue weighted by Gasteiger charge is 2.37. The number of carboxylic acid groups (broad SMARTS) is 1. The van der Waals surface area contributed by atoms with Crippen LogP contribution in [0.5, 0.6) is 0 Å². The highest BCUT2D eigenvalue weighted by atomic mass is 32.2. The molecule has 21 heavy (non-hydrogen) atoms. The topological polar surface area (TPSA) is 104 Å². The van der Waals surface area contributed by atoms with Crippen LogP contribution in [0.1, 0.15) is 39.5 Å². The molecule has 0 aromatic carbocycles. The molecule has 1 heterocycles. The number of amides is 1. The molecule has 1 atom stereocenters. The smallest absolute Gasteiger partial charge is 0.323 e. The summed E-state index contributed by atoms with van der Waals surface area (Å²) >= 11 is 0. The third kappa shape index (κ3) is 4.67. The Morgan fingerprint density at radius 3 is 2.38 bits per heavy atom. The molecule has 1 rings (SSSR count). The normalized spacial score (nSPS) is 19.1. The molecule has 7 nitrogen and oxygen atoms in total. The van der Waals surface area contributed by atoms with Crippen molar-refractivity contribution >= 4 is 21.9 Å². The quantitative estimate of drug-likeness (QED) is 0.662. The Labute approximate surface area is 125 Å². The van der Waals surface area contributed by atoms with Gasteiger partial charge < -0.3 is 10.4 Å². The molecule has 122 valence electrons. The van der Waals surface area contributed by atoms with Crippen LogP contribution >= 0.6 is 0 Å². The lowest BCUT2D eigenvalue weighted by molar-refractivity contribution is -0.136. The average Bonchev–Trinajstić information content (AvgIpc) is 2.46. The van der Waals surface area contributed by atoms with Gasteiger partial charge in [0.1, 0.15) is 0 Å². The minimum Gasteiger partial charge on any atom is -0.480 e. The minimum atomic E-state index is -3.83. The van der Waals surface area contributed by atoms with Crippen LogP contribution in [-0.2, 0) is 19.6 Å². The summed E-state index contributed by atoms with van der Waals surface area (Å²) < 4.78 is 25.3. The van der Waals surface area contributed by atoms with Crippen LogP contribution in [0.3, 0.4) is 0 Å². The van der Waals surface area contributed by atoms with Crippen molar-refractivity contribution in [1.29, 1.82) is 0 Å². The summed E-state index contributed by atoms with van der Waals surface area (Å²) in [5.41, 5.74) is 0. The second kappa shape index (κ2) is 7.74.